The molecule has 0 unspecified atom stereocenters. The van der Waals surface area contributed by atoms with E-state index >= 15 is 0 Å². The van der Waals surface area contributed by atoms with Crippen molar-refractivity contribution in [3.63, 3.8) is 0 Å². The van der Waals surface area contributed by atoms with Crippen molar-refractivity contribution in [1.82, 2.24) is 5.48 Å². The number of carbonyl (C=O) groups excluding carboxylic acids is 2. The molecule has 2 aromatic carbocycles. The lowest BCUT2D eigenvalue weighted by Gasteiger charge is -2.26. The number of ether oxygens (including phenoxy) is 2. The number of aliphatic hydroxyl groups excluding tert-OH is 1. The van der Waals surface area contributed by atoms with E-state index < -0.39 is 18.1 Å². The molecule has 0 spiro atoms. The standard InChI is InChI=1S/C24H30N2O6S/c1-17(7-3-6-10-22(28)26-30)23(20-8-4-5-9-21(20)31-16-15-27)32-24(29)25-18-11-13-19(33-2)14-12-18/h4-6,8-14,17,23,27,30H,3,7,15-16H2,1-2H3,(H,25,29)(H,26,28)/b10-6+/t17-,23+/m0/s1. The van der Waals surface area contributed by atoms with Crippen LogP contribution in [0.5, 0.6) is 5.75 Å². The van der Waals surface area contributed by atoms with Gasteiger partial charge in [0.25, 0.3) is 5.91 Å². The van der Waals surface area contributed by atoms with Crippen LogP contribution in [-0.4, -0.2) is 41.8 Å². The molecule has 8 nitrogen and oxygen atoms in total. The molecule has 9 heteroatoms. The highest BCUT2D eigenvalue weighted by molar-refractivity contribution is 7.98. The van der Waals surface area contributed by atoms with Gasteiger partial charge in [-0.2, -0.15) is 0 Å². The van der Waals surface area contributed by atoms with Crippen LogP contribution in [0.15, 0.2) is 65.6 Å². The molecular weight excluding hydrogens is 444 g/mol. The van der Waals surface area contributed by atoms with Crippen molar-refractivity contribution in [2.75, 3.05) is 24.8 Å². The Morgan fingerprint density at radius 3 is 2.55 bits per heavy atom. The number of benzene rings is 2. The Bertz CT molecular complexity index is 919. The van der Waals surface area contributed by atoms with Gasteiger partial charge in [0, 0.05) is 22.2 Å². The number of carbonyl (C=O) groups is 2. The fraction of sp³-hybridized carbons (Fsp3) is 0.333. The number of rotatable bonds is 12. The third kappa shape index (κ3) is 8.80. The van der Waals surface area contributed by atoms with Gasteiger partial charge < -0.3 is 14.6 Å². The normalized spacial score (nSPS) is 12.7. The van der Waals surface area contributed by atoms with Crippen LogP contribution < -0.4 is 15.5 Å². The molecule has 178 valence electrons. The van der Waals surface area contributed by atoms with Gasteiger partial charge >= 0.3 is 6.09 Å². The van der Waals surface area contributed by atoms with Gasteiger partial charge in [-0.25, -0.2) is 10.3 Å². The number of para-hydroxylation sites is 1. The van der Waals surface area contributed by atoms with Crippen molar-refractivity contribution in [2.45, 2.75) is 30.8 Å². The van der Waals surface area contributed by atoms with Crippen LogP contribution in [0.25, 0.3) is 0 Å². The van der Waals surface area contributed by atoms with E-state index in [9.17, 15) is 9.59 Å². The summed E-state index contributed by atoms with van der Waals surface area (Å²) in [6, 6.07) is 14.7. The number of hydrogen-bond donors (Lipinski definition) is 4. The summed E-state index contributed by atoms with van der Waals surface area (Å²) in [6.07, 6.45) is 4.76. The Morgan fingerprint density at radius 1 is 1.15 bits per heavy atom. The van der Waals surface area contributed by atoms with Gasteiger partial charge in [-0.3, -0.25) is 15.3 Å². The summed E-state index contributed by atoms with van der Waals surface area (Å²) in [5.74, 6) is -0.212. The summed E-state index contributed by atoms with van der Waals surface area (Å²) in [7, 11) is 0. The summed E-state index contributed by atoms with van der Waals surface area (Å²) >= 11 is 1.61. The number of amides is 2. The quantitative estimate of drug-likeness (QED) is 0.154. The van der Waals surface area contributed by atoms with Gasteiger partial charge in [0.15, 0.2) is 0 Å². The zero-order valence-corrected chi connectivity index (χ0v) is 19.5. The lowest BCUT2D eigenvalue weighted by atomic mass is 9.92. The SMILES string of the molecule is CSc1ccc(NC(=O)O[C@@H](c2ccccc2OCCO)[C@@H](C)CC/C=C/C(=O)NO)cc1. The molecule has 0 saturated carbocycles. The molecule has 2 atom stereocenters. The average Bonchev–Trinajstić information content (AvgIpc) is 2.84. The van der Waals surface area contributed by atoms with Gasteiger partial charge in [0.2, 0.25) is 0 Å². The van der Waals surface area contributed by atoms with E-state index in [0.717, 1.165) is 4.90 Å². The van der Waals surface area contributed by atoms with Crippen molar-refractivity contribution in [2.24, 2.45) is 5.92 Å². The first kappa shape index (κ1) is 26.2. The maximum Gasteiger partial charge on any atom is 0.412 e. The summed E-state index contributed by atoms with van der Waals surface area (Å²) in [6.45, 7) is 1.92. The van der Waals surface area contributed by atoms with Crippen molar-refractivity contribution in [1.29, 1.82) is 0 Å². The van der Waals surface area contributed by atoms with E-state index in [4.69, 9.17) is 19.8 Å². The second kappa shape index (κ2) is 14.2. The highest BCUT2D eigenvalue weighted by Gasteiger charge is 2.26. The van der Waals surface area contributed by atoms with E-state index in [1.807, 2.05) is 43.5 Å². The van der Waals surface area contributed by atoms with Gasteiger partial charge in [0.1, 0.15) is 18.5 Å². The van der Waals surface area contributed by atoms with Gasteiger partial charge in [-0.05, 0) is 55.3 Å². The Hall–Kier alpha value is -3.01. The van der Waals surface area contributed by atoms with Crippen LogP contribution in [0.2, 0.25) is 0 Å². The van der Waals surface area contributed by atoms with E-state index in [1.54, 1.807) is 41.5 Å². The Kier molecular flexibility index (Phi) is 11.3. The van der Waals surface area contributed by atoms with Crippen molar-refractivity contribution in [3.8, 4) is 5.75 Å². The first-order chi connectivity index (χ1) is 16.0. The van der Waals surface area contributed by atoms with E-state index in [0.29, 0.717) is 29.8 Å². The summed E-state index contributed by atoms with van der Waals surface area (Å²) in [4.78, 5) is 25.0. The number of thioether (sulfide) groups is 1. The fourth-order valence-corrected chi connectivity index (χ4v) is 3.57. The second-order valence-electron chi connectivity index (χ2n) is 7.22. The second-order valence-corrected chi connectivity index (χ2v) is 8.10. The topological polar surface area (TPSA) is 117 Å². The van der Waals surface area contributed by atoms with Crippen LogP contribution >= 0.6 is 11.8 Å². The maximum absolute atomic E-state index is 12.7. The molecule has 0 radical (unpaired) electrons. The molecule has 0 aliphatic rings. The number of anilines is 1. The van der Waals surface area contributed by atoms with E-state index in [2.05, 4.69) is 5.32 Å². The van der Waals surface area contributed by atoms with Crippen molar-refractivity contribution in [3.05, 3.63) is 66.2 Å². The van der Waals surface area contributed by atoms with E-state index in [1.165, 1.54) is 6.08 Å². The van der Waals surface area contributed by atoms with Gasteiger partial charge in [0.05, 0.1) is 6.61 Å². The molecular formula is C24H30N2O6S. The molecule has 4 N–H and O–H groups in total. The summed E-state index contributed by atoms with van der Waals surface area (Å²) < 4.78 is 11.5. The van der Waals surface area contributed by atoms with Crippen LogP contribution in [0, 0.1) is 5.92 Å². The van der Waals surface area contributed by atoms with E-state index in [-0.39, 0.29) is 19.1 Å². The predicted molar refractivity (Wildman–Crippen MR) is 128 cm³/mol. The van der Waals surface area contributed by atoms with Crippen LogP contribution in [-0.2, 0) is 9.53 Å². The third-order valence-corrected chi connectivity index (χ3v) is 5.57. The van der Waals surface area contributed by atoms with Crippen LogP contribution in [0.3, 0.4) is 0 Å². The molecule has 0 heterocycles. The average molecular weight is 475 g/mol. The number of aliphatic hydroxyl groups is 1. The molecule has 2 rings (SSSR count). The number of allylic oxidation sites excluding steroid dienone is 1. The lowest BCUT2D eigenvalue weighted by Crippen LogP contribution is -2.22. The molecule has 0 saturated heterocycles. The molecule has 2 amide bonds. The molecule has 33 heavy (non-hydrogen) atoms. The Morgan fingerprint density at radius 2 is 1.88 bits per heavy atom. The molecule has 0 aromatic heterocycles. The Labute approximate surface area is 197 Å². The molecule has 0 fully saturated rings. The van der Waals surface area contributed by atoms with Gasteiger partial charge in [-0.15, -0.1) is 11.8 Å². The first-order valence-corrected chi connectivity index (χ1v) is 11.8. The monoisotopic (exact) mass is 474 g/mol. The molecule has 2 aromatic rings. The van der Waals surface area contributed by atoms with Crippen molar-refractivity contribution >= 4 is 29.4 Å². The molecule has 0 aliphatic heterocycles. The zero-order valence-electron chi connectivity index (χ0n) is 18.7. The number of hydroxylamine groups is 1. The zero-order chi connectivity index (χ0) is 24.1. The third-order valence-electron chi connectivity index (χ3n) is 4.83. The van der Waals surface area contributed by atoms with Crippen molar-refractivity contribution < 1.29 is 29.4 Å². The molecule has 0 bridgehead atoms. The first-order valence-electron chi connectivity index (χ1n) is 10.5. The van der Waals surface area contributed by atoms with Crippen LogP contribution in [0.4, 0.5) is 10.5 Å². The summed E-state index contributed by atoms with van der Waals surface area (Å²) in [5.41, 5.74) is 2.84. The fourth-order valence-electron chi connectivity index (χ4n) is 3.16. The smallest absolute Gasteiger partial charge is 0.412 e. The van der Waals surface area contributed by atoms with Gasteiger partial charge in [-0.1, -0.05) is 31.2 Å². The minimum absolute atomic E-state index is 0.116. The minimum atomic E-state index is -0.634. The summed E-state index contributed by atoms with van der Waals surface area (Å²) in [5, 5.41) is 20.5. The minimum Gasteiger partial charge on any atom is -0.491 e. The number of hydrogen-bond acceptors (Lipinski definition) is 7. The largest absolute Gasteiger partial charge is 0.491 e. The Balaban J connectivity index is 2.18. The van der Waals surface area contributed by atoms with Crippen LogP contribution in [0.1, 0.15) is 31.4 Å². The highest BCUT2D eigenvalue weighted by Crippen LogP contribution is 2.35. The highest BCUT2D eigenvalue weighted by atomic mass is 32.2. The molecule has 0 aliphatic carbocycles. The number of nitrogens with one attached hydrogen (secondary N) is 2. The predicted octanol–water partition coefficient (Wildman–Crippen LogP) is 4.55. The maximum atomic E-state index is 12.7. The lowest BCUT2D eigenvalue weighted by molar-refractivity contribution is -0.124.